The van der Waals surface area contributed by atoms with Gasteiger partial charge < -0.3 is 20.9 Å². The molecule has 31 heavy (non-hydrogen) atoms. The molecule has 1 heterocycles. The molecule has 1 rings (SSSR count). The zero-order valence-corrected chi connectivity index (χ0v) is 20.4. The molecule has 10 heteroatoms. The van der Waals surface area contributed by atoms with Gasteiger partial charge in [0, 0.05) is 33.1 Å². The fraction of sp³-hybridized carbons (Fsp3) is 0.810. The Morgan fingerprint density at radius 3 is 2.45 bits per heavy atom. The molecule has 1 aliphatic rings. The van der Waals surface area contributed by atoms with Crippen LogP contribution < -0.4 is 16.0 Å². The molecule has 0 radical (unpaired) electrons. The Bertz CT molecular complexity index is 629. The number of unbranched alkanes of at least 4 members (excludes halogenated alkanes) is 3. The zero-order valence-electron chi connectivity index (χ0n) is 19.6. The van der Waals surface area contributed by atoms with Crippen molar-refractivity contribution in [2.45, 2.75) is 63.7 Å². The summed E-state index contributed by atoms with van der Waals surface area (Å²) in [6.07, 6.45) is 4.67. The van der Waals surface area contributed by atoms with Crippen LogP contribution in [-0.4, -0.2) is 90.4 Å². The topological polar surface area (TPSA) is 111 Å². The van der Waals surface area contributed by atoms with Crippen molar-refractivity contribution < 1.29 is 19.2 Å². The summed E-state index contributed by atoms with van der Waals surface area (Å²) in [6.45, 7) is 7.79. The van der Waals surface area contributed by atoms with Crippen molar-refractivity contribution in [2.75, 3.05) is 46.0 Å². The molecule has 0 saturated carbocycles. The highest BCUT2D eigenvalue weighted by Gasteiger charge is 2.37. The van der Waals surface area contributed by atoms with Crippen molar-refractivity contribution in [1.82, 2.24) is 25.8 Å². The molecular weight excluding hydrogens is 418 g/mol. The van der Waals surface area contributed by atoms with Crippen LogP contribution in [0, 0.1) is 0 Å². The van der Waals surface area contributed by atoms with Crippen LogP contribution in [0.2, 0.25) is 0 Å². The summed E-state index contributed by atoms with van der Waals surface area (Å²) in [5, 5.41) is 7.77. The van der Waals surface area contributed by atoms with Gasteiger partial charge in [-0.3, -0.25) is 19.3 Å². The smallest absolute Gasteiger partial charge is 0.315 e. The third kappa shape index (κ3) is 9.47. The van der Waals surface area contributed by atoms with E-state index in [1.165, 1.54) is 11.9 Å². The molecule has 0 spiro atoms. The van der Waals surface area contributed by atoms with Crippen molar-refractivity contribution in [2.24, 2.45) is 0 Å². The summed E-state index contributed by atoms with van der Waals surface area (Å²) in [6, 6.07) is -0.357. The predicted molar refractivity (Wildman–Crippen MR) is 124 cm³/mol. The first-order chi connectivity index (χ1) is 14.6. The highest BCUT2D eigenvalue weighted by molar-refractivity contribution is 8.00. The molecule has 1 saturated heterocycles. The largest absolute Gasteiger partial charge is 0.357 e. The van der Waals surface area contributed by atoms with E-state index in [2.05, 4.69) is 20.9 Å². The lowest BCUT2D eigenvalue weighted by Gasteiger charge is -2.24. The minimum atomic E-state index is -0.959. The van der Waals surface area contributed by atoms with Crippen LogP contribution in [-0.2, 0) is 14.4 Å². The van der Waals surface area contributed by atoms with Crippen LogP contribution in [0.4, 0.5) is 4.79 Å². The number of carbonyl (C=O) groups excluding carboxylic acids is 4. The maximum Gasteiger partial charge on any atom is 0.315 e. The predicted octanol–water partition coefficient (Wildman–Crippen LogP) is 1.18. The molecule has 0 aliphatic carbocycles. The van der Waals surface area contributed by atoms with Crippen molar-refractivity contribution in [3.05, 3.63) is 0 Å². The van der Waals surface area contributed by atoms with Gasteiger partial charge in [-0.2, -0.15) is 0 Å². The first kappa shape index (κ1) is 27.2. The van der Waals surface area contributed by atoms with Crippen LogP contribution in [0.5, 0.6) is 0 Å². The second kappa shape index (κ2) is 13.6. The molecule has 3 N–H and O–H groups in total. The van der Waals surface area contributed by atoms with Gasteiger partial charge in [0.05, 0.1) is 5.25 Å². The van der Waals surface area contributed by atoms with Crippen LogP contribution in [0.15, 0.2) is 0 Å². The third-order valence-corrected chi connectivity index (χ3v) is 6.57. The van der Waals surface area contributed by atoms with Gasteiger partial charge in [0.15, 0.2) is 0 Å². The number of likely N-dealkylation sites (tertiary alicyclic amines) is 1. The van der Waals surface area contributed by atoms with Crippen LogP contribution >= 0.6 is 11.8 Å². The van der Waals surface area contributed by atoms with Gasteiger partial charge in [-0.05, 0) is 53.0 Å². The number of imide groups is 1. The second-order valence-corrected chi connectivity index (χ2v) is 9.65. The first-order valence-electron chi connectivity index (χ1n) is 11.0. The van der Waals surface area contributed by atoms with Crippen LogP contribution in [0.25, 0.3) is 0 Å². The van der Waals surface area contributed by atoms with Gasteiger partial charge >= 0.3 is 6.03 Å². The molecule has 9 nitrogen and oxygen atoms in total. The molecular formula is C21H39N5O4S. The lowest BCUT2D eigenvalue weighted by atomic mass is 10.1. The van der Waals surface area contributed by atoms with E-state index in [-0.39, 0.29) is 29.0 Å². The van der Waals surface area contributed by atoms with Gasteiger partial charge in [0.2, 0.25) is 17.7 Å². The lowest BCUT2D eigenvalue weighted by molar-refractivity contribution is -0.138. The van der Waals surface area contributed by atoms with E-state index >= 15 is 0 Å². The molecule has 0 aromatic carbocycles. The molecule has 178 valence electrons. The summed E-state index contributed by atoms with van der Waals surface area (Å²) in [7, 11) is 3.56. The number of amides is 5. The fourth-order valence-electron chi connectivity index (χ4n) is 3.35. The van der Waals surface area contributed by atoms with E-state index in [0.29, 0.717) is 19.5 Å². The number of hydrogen-bond acceptors (Lipinski definition) is 6. The Morgan fingerprint density at radius 1 is 1.16 bits per heavy atom. The number of thioether (sulfide) groups is 1. The molecule has 5 amide bonds. The monoisotopic (exact) mass is 457 g/mol. The van der Waals surface area contributed by atoms with Gasteiger partial charge in [0.1, 0.15) is 5.54 Å². The highest BCUT2D eigenvalue weighted by atomic mass is 32.2. The maximum absolute atomic E-state index is 12.1. The highest BCUT2D eigenvalue weighted by Crippen LogP contribution is 2.25. The molecule has 1 atom stereocenters. The van der Waals surface area contributed by atoms with Crippen LogP contribution in [0.1, 0.15) is 52.9 Å². The number of hydrogen-bond donors (Lipinski definition) is 3. The molecule has 0 aromatic rings. The van der Waals surface area contributed by atoms with E-state index in [9.17, 15) is 19.2 Å². The summed E-state index contributed by atoms with van der Waals surface area (Å²) in [5.41, 5.74) is -0.959. The van der Waals surface area contributed by atoms with Crippen LogP contribution in [0.3, 0.4) is 0 Å². The van der Waals surface area contributed by atoms with E-state index in [1.807, 2.05) is 14.0 Å². The maximum atomic E-state index is 12.1. The van der Waals surface area contributed by atoms with E-state index < -0.39 is 5.54 Å². The molecule has 0 bridgehead atoms. The standard InChI is InChI=1S/C21H39N5O4S/c1-6-26-17(27)15-16(18(26)28)31-14-10-8-7-9-12-25(5)13-11-23-20(30)24-21(2,3)19(29)22-4/h16H,6-15H2,1-5H3,(H,22,29)(H2,23,24,30). The Balaban J connectivity index is 2.04. The van der Waals surface area contributed by atoms with E-state index in [0.717, 1.165) is 44.5 Å². The molecule has 1 unspecified atom stereocenters. The van der Waals surface area contributed by atoms with Crippen molar-refractivity contribution >= 4 is 35.5 Å². The minimum Gasteiger partial charge on any atom is -0.357 e. The lowest BCUT2D eigenvalue weighted by Crippen LogP contribution is -2.56. The van der Waals surface area contributed by atoms with E-state index in [1.54, 1.807) is 25.6 Å². The van der Waals surface area contributed by atoms with Gasteiger partial charge in [-0.15, -0.1) is 11.8 Å². The average molecular weight is 458 g/mol. The molecule has 0 aromatic heterocycles. The second-order valence-electron chi connectivity index (χ2n) is 8.34. The minimum absolute atomic E-state index is 0.0291. The summed E-state index contributed by atoms with van der Waals surface area (Å²) in [4.78, 5) is 50.9. The van der Waals surface area contributed by atoms with Crippen molar-refractivity contribution in [3.8, 4) is 0 Å². The molecule has 1 fully saturated rings. The Kier molecular flexibility index (Phi) is 11.9. The fourth-order valence-corrected chi connectivity index (χ4v) is 4.53. The summed E-state index contributed by atoms with van der Waals surface area (Å²) in [5.74, 6) is 0.584. The Hall–Kier alpha value is -1.81. The van der Waals surface area contributed by atoms with Gasteiger partial charge in [-0.25, -0.2) is 4.79 Å². The first-order valence-corrected chi connectivity index (χ1v) is 12.1. The normalized spacial score (nSPS) is 16.7. The van der Waals surface area contributed by atoms with Crippen molar-refractivity contribution in [1.29, 1.82) is 0 Å². The zero-order chi connectivity index (χ0) is 23.4. The number of urea groups is 1. The van der Waals surface area contributed by atoms with Crippen molar-refractivity contribution in [3.63, 3.8) is 0 Å². The average Bonchev–Trinajstić information content (AvgIpc) is 2.98. The number of nitrogens with zero attached hydrogens (tertiary/aromatic N) is 2. The van der Waals surface area contributed by atoms with Gasteiger partial charge in [0.25, 0.3) is 0 Å². The quantitative estimate of drug-likeness (QED) is 0.267. The Labute approximate surface area is 190 Å². The number of carbonyl (C=O) groups is 4. The summed E-state index contributed by atoms with van der Waals surface area (Å²) >= 11 is 1.61. The number of likely N-dealkylation sites (N-methyl/N-ethyl adjacent to an activating group) is 2. The third-order valence-electron chi connectivity index (χ3n) is 5.27. The SMILES string of the molecule is CCN1C(=O)CC(SCCCCCCN(C)CCNC(=O)NC(C)(C)C(=O)NC)C1=O. The van der Waals surface area contributed by atoms with Gasteiger partial charge in [-0.1, -0.05) is 12.8 Å². The number of rotatable bonds is 14. The summed E-state index contributed by atoms with van der Waals surface area (Å²) < 4.78 is 0. The Morgan fingerprint density at radius 2 is 1.84 bits per heavy atom. The van der Waals surface area contributed by atoms with E-state index in [4.69, 9.17) is 0 Å². The molecule has 1 aliphatic heterocycles. The number of nitrogens with one attached hydrogen (secondary N) is 3.